The largest absolute Gasteiger partial charge is 0.497 e. The Balaban J connectivity index is 1.95. The van der Waals surface area contributed by atoms with Crippen LogP contribution in [-0.4, -0.2) is 36.4 Å². The average Bonchev–Trinajstić information content (AvgIpc) is 2.88. The molecule has 3 aromatic rings. The van der Waals surface area contributed by atoms with Crippen LogP contribution in [0.5, 0.6) is 5.75 Å². The molecule has 0 aromatic heterocycles. The normalized spacial score (nSPS) is 11.6. The SMILES string of the molecule is CCOC(=O)/C=C/c1ccc(C(=O)N(Cc2cccc(OC)c2)[C@@H](C(N)=O)c2ccccc2)cc1. The molecule has 0 aliphatic carbocycles. The van der Waals surface area contributed by atoms with Gasteiger partial charge in [0.25, 0.3) is 5.91 Å². The minimum absolute atomic E-state index is 0.142. The van der Waals surface area contributed by atoms with Crippen molar-refractivity contribution in [1.82, 2.24) is 4.90 Å². The second kappa shape index (κ2) is 12.2. The second-order valence-corrected chi connectivity index (χ2v) is 7.71. The van der Waals surface area contributed by atoms with Gasteiger partial charge in [-0.2, -0.15) is 0 Å². The number of amides is 2. The van der Waals surface area contributed by atoms with Crippen molar-refractivity contribution >= 4 is 23.9 Å². The number of primary amides is 1. The van der Waals surface area contributed by atoms with Gasteiger partial charge in [-0.3, -0.25) is 9.59 Å². The third-order valence-corrected chi connectivity index (χ3v) is 5.30. The Bertz CT molecular complexity index is 1190. The molecule has 1 atom stereocenters. The van der Waals surface area contributed by atoms with Crippen LogP contribution < -0.4 is 10.5 Å². The van der Waals surface area contributed by atoms with Gasteiger partial charge in [-0.05, 0) is 54.0 Å². The lowest BCUT2D eigenvalue weighted by Gasteiger charge is -2.30. The van der Waals surface area contributed by atoms with E-state index in [2.05, 4.69) is 0 Å². The molecule has 7 nitrogen and oxygen atoms in total. The Hall–Kier alpha value is -4.39. The number of hydrogen-bond acceptors (Lipinski definition) is 5. The quantitative estimate of drug-likeness (QED) is 0.353. The van der Waals surface area contributed by atoms with Gasteiger partial charge in [-0.25, -0.2) is 4.79 Å². The highest BCUT2D eigenvalue weighted by molar-refractivity contribution is 5.98. The van der Waals surface area contributed by atoms with Gasteiger partial charge in [0, 0.05) is 18.2 Å². The van der Waals surface area contributed by atoms with Crippen LogP contribution in [0.2, 0.25) is 0 Å². The van der Waals surface area contributed by atoms with Crippen LogP contribution in [-0.2, 0) is 20.9 Å². The molecule has 0 aliphatic heterocycles. The fraction of sp³-hybridized carbons (Fsp3) is 0.179. The number of carbonyl (C=O) groups excluding carboxylic acids is 3. The molecule has 0 spiro atoms. The summed E-state index contributed by atoms with van der Waals surface area (Å²) in [6, 6.07) is 22.0. The average molecular weight is 473 g/mol. The van der Waals surface area contributed by atoms with Crippen LogP contribution in [0, 0.1) is 0 Å². The molecule has 0 heterocycles. The van der Waals surface area contributed by atoms with E-state index in [1.54, 1.807) is 74.7 Å². The van der Waals surface area contributed by atoms with Crippen molar-refractivity contribution in [3.63, 3.8) is 0 Å². The lowest BCUT2D eigenvalue weighted by atomic mass is 10.0. The number of benzene rings is 3. The van der Waals surface area contributed by atoms with E-state index in [-0.39, 0.29) is 12.5 Å². The molecule has 0 bridgehead atoms. The first-order valence-corrected chi connectivity index (χ1v) is 11.2. The van der Waals surface area contributed by atoms with Crippen LogP contribution in [0.3, 0.4) is 0 Å². The number of ether oxygens (including phenoxy) is 2. The van der Waals surface area contributed by atoms with Gasteiger partial charge in [0.05, 0.1) is 13.7 Å². The lowest BCUT2D eigenvalue weighted by molar-refractivity contribution is -0.137. The molecule has 0 saturated heterocycles. The molecule has 2 N–H and O–H groups in total. The summed E-state index contributed by atoms with van der Waals surface area (Å²) in [6.07, 6.45) is 2.93. The van der Waals surface area contributed by atoms with Crippen LogP contribution in [0.25, 0.3) is 6.08 Å². The maximum Gasteiger partial charge on any atom is 0.330 e. The number of hydrogen-bond donors (Lipinski definition) is 1. The summed E-state index contributed by atoms with van der Waals surface area (Å²) in [7, 11) is 1.57. The fourth-order valence-corrected chi connectivity index (χ4v) is 3.64. The smallest absolute Gasteiger partial charge is 0.330 e. The molecule has 3 aromatic carbocycles. The van der Waals surface area contributed by atoms with Crippen molar-refractivity contribution in [3.8, 4) is 5.75 Å². The Morgan fingerprint density at radius 1 is 0.971 bits per heavy atom. The van der Waals surface area contributed by atoms with Crippen LogP contribution in [0.15, 0.2) is 84.9 Å². The topological polar surface area (TPSA) is 98.9 Å². The van der Waals surface area contributed by atoms with Gasteiger partial charge in [0.1, 0.15) is 11.8 Å². The first-order chi connectivity index (χ1) is 16.9. The molecule has 0 aliphatic rings. The zero-order valence-corrected chi connectivity index (χ0v) is 19.7. The zero-order valence-electron chi connectivity index (χ0n) is 19.7. The van der Waals surface area contributed by atoms with Gasteiger partial charge in [-0.1, -0.05) is 54.6 Å². The van der Waals surface area contributed by atoms with Crippen molar-refractivity contribution in [1.29, 1.82) is 0 Å². The van der Waals surface area contributed by atoms with E-state index >= 15 is 0 Å². The van der Waals surface area contributed by atoms with Crippen molar-refractivity contribution < 1.29 is 23.9 Å². The van der Waals surface area contributed by atoms with E-state index < -0.39 is 17.9 Å². The summed E-state index contributed by atoms with van der Waals surface area (Å²) in [5.74, 6) is -0.796. The Labute approximate surface area is 204 Å². The number of methoxy groups -OCH3 is 1. The molecule has 180 valence electrons. The predicted octanol–water partition coefficient (Wildman–Crippen LogP) is 4.14. The third-order valence-electron chi connectivity index (χ3n) is 5.30. The van der Waals surface area contributed by atoms with E-state index in [0.717, 1.165) is 11.1 Å². The Morgan fingerprint density at radius 2 is 1.69 bits per heavy atom. The molecule has 35 heavy (non-hydrogen) atoms. The predicted molar refractivity (Wildman–Crippen MR) is 133 cm³/mol. The fourth-order valence-electron chi connectivity index (χ4n) is 3.64. The van der Waals surface area contributed by atoms with E-state index in [1.165, 1.54) is 11.0 Å². The van der Waals surface area contributed by atoms with Crippen LogP contribution >= 0.6 is 0 Å². The minimum atomic E-state index is -0.974. The molecular weight excluding hydrogens is 444 g/mol. The number of nitrogens with zero attached hydrogens (tertiary/aromatic N) is 1. The Kier molecular flexibility index (Phi) is 8.78. The molecule has 3 rings (SSSR count). The van der Waals surface area contributed by atoms with Crippen molar-refractivity contribution in [2.24, 2.45) is 5.73 Å². The van der Waals surface area contributed by atoms with Crippen LogP contribution in [0.1, 0.15) is 40.0 Å². The lowest BCUT2D eigenvalue weighted by Crippen LogP contribution is -2.41. The van der Waals surface area contributed by atoms with Gasteiger partial charge in [0.2, 0.25) is 5.91 Å². The number of carbonyl (C=O) groups is 3. The van der Waals surface area contributed by atoms with E-state index in [9.17, 15) is 14.4 Å². The second-order valence-electron chi connectivity index (χ2n) is 7.71. The number of rotatable bonds is 10. The number of esters is 1. The number of nitrogens with two attached hydrogens (primary N) is 1. The minimum Gasteiger partial charge on any atom is -0.497 e. The van der Waals surface area contributed by atoms with Gasteiger partial charge in [-0.15, -0.1) is 0 Å². The highest BCUT2D eigenvalue weighted by atomic mass is 16.5. The van der Waals surface area contributed by atoms with E-state index in [0.29, 0.717) is 23.5 Å². The van der Waals surface area contributed by atoms with Crippen molar-refractivity contribution in [2.75, 3.05) is 13.7 Å². The molecular formula is C28H28N2O5. The molecule has 0 radical (unpaired) electrons. The highest BCUT2D eigenvalue weighted by Crippen LogP contribution is 2.26. The molecule has 7 heteroatoms. The molecule has 0 unspecified atom stereocenters. The van der Waals surface area contributed by atoms with E-state index in [1.807, 2.05) is 24.3 Å². The van der Waals surface area contributed by atoms with Gasteiger partial charge >= 0.3 is 5.97 Å². The summed E-state index contributed by atoms with van der Waals surface area (Å²) < 4.78 is 10.2. The van der Waals surface area contributed by atoms with Gasteiger partial charge < -0.3 is 20.1 Å². The Morgan fingerprint density at radius 3 is 2.31 bits per heavy atom. The highest BCUT2D eigenvalue weighted by Gasteiger charge is 2.30. The van der Waals surface area contributed by atoms with E-state index in [4.69, 9.17) is 15.2 Å². The maximum absolute atomic E-state index is 13.7. The first-order valence-electron chi connectivity index (χ1n) is 11.2. The molecule has 0 fully saturated rings. The maximum atomic E-state index is 13.7. The monoisotopic (exact) mass is 472 g/mol. The van der Waals surface area contributed by atoms with Crippen LogP contribution in [0.4, 0.5) is 0 Å². The summed E-state index contributed by atoms with van der Waals surface area (Å²) in [5.41, 5.74) is 8.31. The standard InChI is InChI=1S/C28H28N2O5/c1-3-35-25(31)17-14-20-12-15-23(16-13-20)28(33)30(19-21-8-7-11-24(18-21)34-2)26(27(29)32)22-9-5-4-6-10-22/h4-18,26H,3,19H2,1-2H3,(H2,29,32)/b17-14+/t26-/m1/s1. The van der Waals surface area contributed by atoms with Gasteiger partial charge in [0.15, 0.2) is 0 Å². The zero-order chi connectivity index (χ0) is 25.2. The van der Waals surface area contributed by atoms with Crippen molar-refractivity contribution in [3.05, 3.63) is 107 Å². The first kappa shape index (κ1) is 25.2. The van der Waals surface area contributed by atoms with Crippen molar-refractivity contribution in [2.45, 2.75) is 19.5 Å². The summed E-state index contributed by atoms with van der Waals surface area (Å²) >= 11 is 0. The summed E-state index contributed by atoms with van der Waals surface area (Å²) in [6.45, 7) is 2.17. The summed E-state index contributed by atoms with van der Waals surface area (Å²) in [4.78, 5) is 39.3. The molecule has 0 saturated carbocycles. The summed E-state index contributed by atoms with van der Waals surface area (Å²) in [5, 5.41) is 0. The third kappa shape index (κ3) is 6.80. The molecule has 2 amide bonds.